The van der Waals surface area contributed by atoms with Crippen molar-refractivity contribution < 1.29 is 9.59 Å². The lowest BCUT2D eigenvalue weighted by molar-refractivity contribution is -0.123. The van der Waals surface area contributed by atoms with Crippen molar-refractivity contribution in [3.63, 3.8) is 0 Å². The van der Waals surface area contributed by atoms with Crippen molar-refractivity contribution in [3.05, 3.63) is 34.3 Å². The van der Waals surface area contributed by atoms with Gasteiger partial charge in [0.25, 0.3) is 0 Å². The zero-order chi connectivity index (χ0) is 19.1. The first-order valence-corrected chi connectivity index (χ1v) is 9.48. The molecular formula is C19H24N4O2S. The molecule has 1 atom stereocenters. The Kier molecular flexibility index (Phi) is 4.84. The highest BCUT2D eigenvalue weighted by atomic mass is 32.1. The number of amides is 2. The second-order valence-corrected chi connectivity index (χ2v) is 8.91. The Hall–Kier alpha value is -2.28. The lowest BCUT2D eigenvalue weighted by Gasteiger charge is -2.17. The highest BCUT2D eigenvalue weighted by Gasteiger charge is 2.34. The molecule has 1 N–H and O–H groups in total. The van der Waals surface area contributed by atoms with E-state index < -0.39 is 5.41 Å². The van der Waals surface area contributed by atoms with Crippen LogP contribution in [0.1, 0.15) is 49.2 Å². The Labute approximate surface area is 157 Å². The second-order valence-electron chi connectivity index (χ2n) is 7.90. The smallest absolute Gasteiger partial charge is 0.231 e. The summed E-state index contributed by atoms with van der Waals surface area (Å²) in [4.78, 5) is 26.4. The molecule has 2 aromatic rings. The third kappa shape index (κ3) is 3.93. The lowest BCUT2D eigenvalue weighted by Crippen LogP contribution is -2.27. The number of hydrogen-bond donors (Lipinski definition) is 1. The topological polar surface area (TPSA) is 75.2 Å². The van der Waals surface area contributed by atoms with Crippen LogP contribution in [0.5, 0.6) is 0 Å². The van der Waals surface area contributed by atoms with E-state index >= 15 is 0 Å². The van der Waals surface area contributed by atoms with E-state index in [1.165, 1.54) is 11.3 Å². The molecule has 1 aliphatic heterocycles. The summed E-state index contributed by atoms with van der Waals surface area (Å²) in [5.74, 6) is -0.00357. The largest absolute Gasteiger partial charge is 0.312 e. The summed E-state index contributed by atoms with van der Waals surface area (Å²) in [6.45, 7) is 10.2. The summed E-state index contributed by atoms with van der Waals surface area (Å²) in [5.41, 5.74) is 2.72. The zero-order valence-electron chi connectivity index (χ0n) is 15.8. The van der Waals surface area contributed by atoms with E-state index in [1.807, 2.05) is 51.7 Å². The standard InChI is InChI=1S/C19H24N4O2S/c1-11-6-12(2)8-14(7-11)23-10-13(9-15(23)24)16-21-22-18(26-16)20-17(25)19(3,4)5/h6-8,13H,9-10H2,1-5H3,(H,20,22,25)/t13-/m1/s1. The Morgan fingerprint density at radius 1 is 1.19 bits per heavy atom. The highest BCUT2D eigenvalue weighted by molar-refractivity contribution is 7.15. The van der Waals surface area contributed by atoms with E-state index in [1.54, 1.807) is 0 Å². The third-order valence-electron chi connectivity index (χ3n) is 4.33. The van der Waals surface area contributed by atoms with Gasteiger partial charge >= 0.3 is 0 Å². The summed E-state index contributed by atoms with van der Waals surface area (Å²) in [6.07, 6.45) is 0.412. The number of hydrogen-bond acceptors (Lipinski definition) is 5. The van der Waals surface area contributed by atoms with E-state index in [4.69, 9.17) is 0 Å². The molecular weight excluding hydrogens is 348 g/mol. The molecule has 0 bridgehead atoms. The van der Waals surface area contributed by atoms with Crippen LogP contribution in [0.15, 0.2) is 18.2 Å². The molecule has 1 saturated heterocycles. The van der Waals surface area contributed by atoms with Gasteiger partial charge in [-0.2, -0.15) is 0 Å². The van der Waals surface area contributed by atoms with E-state index in [2.05, 4.69) is 21.6 Å². The fraction of sp³-hybridized carbons (Fsp3) is 0.474. The van der Waals surface area contributed by atoms with Gasteiger partial charge in [-0.3, -0.25) is 9.59 Å². The molecule has 1 fully saturated rings. The molecule has 1 aliphatic rings. The number of rotatable bonds is 3. The first-order valence-electron chi connectivity index (χ1n) is 8.67. The van der Waals surface area contributed by atoms with Crippen LogP contribution >= 0.6 is 11.3 Å². The maximum Gasteiger partial charge on any atom is 0.231 e. The Morgan fingerprint density at radius 2 is 1.85 bits per heavy atom. The molecule has 6 nitrogen and oxygen atoms in total. The lowest BCUT2D eigenvalue weighted by atomic mass is 9.96. The molecule has 138 valence electrons. The molecule has 0 spiro atoms. The van der Waals surface area contributed by atoms with Gasteiger partial charge in [-0.05, 0) is 37.1 Å². The number of carbonyl (C=O) groups is 2. The summed E-state index contributed by atoms with van der Waals surface area (Å²) < 4.78 is 0. The first-order chi connectivity index (χ1) is 12.1. The number of nitrogens with one attached hydrogen (secondary N) is 1. The van der Waals surface area contributed by atoms with Gasteiger partial charge in [-0.1, -0.05) is 38.2 Å². The Balaban J connectivity index is 1.74. The second kappa shape index (κ2) is 6.79. The van der Waals surface area contributed by atoms with Crippen molar-refractivity contribution in [2.24, 2.45) is 5.41 Å². The molecule has 2 heterocycles. The third-order valence-corrected chi connectivity index (χ3v) is 5.34. The zero-order valence-corrected chi connectivity index (χ0v) is 16.6. The molecule has 0 unspecified atom stereocenters. The molecule has 0 saturated carbocycles. The molecule has 3 rings (SSSR count). The van der Waals surface area contributed by atoms with Crippen LogP contribution in [0, 0.1) is 19.3 Å². The van der Waals surface area contributed by atoms with E-state index in [-0.39, 0.29) is 17.7 Å². The van der Waals surface area contributed by atoms with Gasteiger partial charge in [0.15, 0.2) is 0 Å². The van der Waals surface area contributed by atoms with Crippen LogP contribution in [0.4, 0.5) is 10.8 Å². The van der Waals surface area contributed by atoms with Gasteiger partial charge in [0.2, 0.25) is 16.9 Å². The Morgan fingerprint density at radius 3 is 2.46 bits per heavy atom. The minimum absolute atomic E-state index is 0.00103. The van der Waals surface area contributed by atoms with Crippen molar-refractivity contribution in [3.8, 4) is 0 Å². The normalized spacial score (nSPS) is 17.7. The number of aryl methyl sites for hydroxylation is 2. The molecule has 1 aromatic heterocycles. The summed E-state index contributed by atoms with van der Waals surface area (Å²) >= 11 is 1.35. The van der Waals surface area contributed by atoms with Gasteiger partial charge in [-0.25, -0.2) is 0 Å². The van der Waals surface area contributed by atoms with E-state index in [0.29, 0.717) is 18.1 Å². The maximum absolute atomic E-state index is 12.5. The molecule has 26 heavy (non-hydrogen) atoms. The van der Waals surface area contributed by atoms with E-state index in [0.717, 1.165) is 21.8 Å². The number of aromatic nitrogens is 2. The van der Waals surface area contributed by atoms with Crippen LogP contribution in [0.2, 0.25) is 0 Å². The van der Waals surface area contributed by atoms with Gasteiger partial charge < -0.3 is 10.2 Å². The highest BCUT2D eigenvalue weighted by Crippen LogP contribution is 2.35. The monoisotopic (exact) mass is 372 g/mol. The van der Waals surface area contributed by atoms with Crippen LogP contribution in [0.3, 0.4) is 0 Å². The predicted molar refractivity (Wildman–Crippen MR) is 104 cm³/mol. The van der Waals surface area contributed by atoms with Crippen molar-refractivity contribution in [2.45, 2.75) is 47.0 Å². The van der Waals surface area contributed by atoms with Crippen LogP contribution < -0.4 is 10.2 Å². The van der Waals surface area contributed by atoms with Gasteiger partial charge in [0.1, 0.15) is 5.01 Å². The van der Waals surface area contributed by atoms with Crippen molar-refractivity contribution >= 4 is 34.0 Å². The molecule has 1 aromatic carbocycles. The molecule has 0 aliphatic carbocycles. The SMILES string of the molecule is Cc1cc(C)cc(N2C[C@H](c3nnc(NC(=O)C(C)(C)C)s3)CC2=O)c1. The summed E-state index contributed by atoms with van der Waals surface area (Å²) in [7, 11) is 0. The Bertz CT molecular complexity index is 833. The average molecular weight is 372 g/mol. The summed E-state index contributed by atoms with van der Waals surface area (Å²) in [5, 5.41) is 12.4. The average Bonchev–Trinajstić information content (AvgIpc) is 3.12. The minimum atomic E-state index is -0.491. The summed E-state index contributed by atoms with van der Waals surface area (Å²) in [6, 6.07) is 6.15. The fourth-order valence-corrected chi connectivity index (χ4v) is 3.79. The fourth-order valence-electron chi connectivity index (χ4n) is 2.96. The van der Waals surface area contributed by atoms with E-state index in [9.17, 15) is 9.59 Å². The maximum atomic E-state index is 12.5. The van der Waals surface area contributed by atoms with Crippen molar-refractivity contribution in [2.75, 3.05) is 16.8 Å². The molecule has 0 radical (unpaired) electrons. The van der Waals surface area contributed by atoms with Crippen LogP contribution in [-0.4, -0.2) is 28.6 Å². The van der Waals surface area contributed by atoms with Crippen LogP contribution in [-0.2, 0) is 9.59 Å². The van der Waals surface area contributed by atoms with Crippen LogP contribution in [0.25, 0.3) is 0 Å². The number of nitrogens with zero attached hydrogens (tertiary/aromatic N) is 3. The number of anilines is 2. The molecule has 2 amide bonds. The predicted octanol–water partition coefficient (Wildman–Crippen LogP) is 3.66. The van der Waals surface area contributed by atoms with Gasteiger partial charge in [0, 0.05) is 30.0 Å². The number of benzene rings is 1. The first kappa shape index (κ1) is 18.5. The minimum Gasteiger partial charge on any atom is -0.312 e. The molecule has 7 heteroatoms. The van der Waals surface area contributed by atoms with Crippen molar-refractivity contribution in [1.29, 1.82) is 0 Å². The van der Waals surface area contributed by atoms with Gasteiger partial charge in [0.05, 0.1) is 0 Å². The van der Waals surface area contributed by atoms with Crippen molar-refractivity contribution in [1.82, 2.24) is 10.2 Å². The number of carbonyl (C=O) groups excluding carboxylic acids is 2. The quantitative estimate of drug-likeness (QED) is 0.892. The van der Waals surface area contributed by atoms with Gasteiger partial charge in [-0.15, -0.1) is 10.2 Å².